The summed E-state index contributed by atoms with van der Waals surface area (Å²) in [4.78, 5) is 11.7. The van der Waals surface area contributed by atoms with E-state index in [-0.39, 0.29) is 29.5 Å². The summed E-state index contributed by atoms with van der Waals surface area (Å²) in [7, 11) is -3.66. The molecule has 2 aromatic rings. The third kappa shape index (κ3) is 5.86. The van der Waals surface area contributed by atoms with Crippen LogP contribution in [-0.4, -0.2) is 27.0 Å². The maximum absolute atomic E-state index is 12.5. The molecule has 1 atom stereocenters. The van der Waals surface area contributed by atoms with Crippen LogP contribution in [0.2, 0.25) is 0 Å². The molecule has 1 amide bonds. The molecule has 2 aromatic carbocycles. The van der Waals surface area contributed by atoms with Crippen molar-refractivity contribution < 1.29 is 17.9 Å². The number of hydrogen-bond donors (Lipinski definition) is 2. The van der Waals surface area contributed by atoms with Crippen LogP contribution in [0.3, 0.4) is 0 Å². The third-order valence-electron chi connectivity index (χ3n) is 3.59. The van der Waals surface area contributed by atoms with E-state index in [9.17, 15) is 13.2 Å². The van der Waals surface area contributed by atoms with Gasteiger partial charge in [0, 0.05) is 12.1 Å². The first-order chi connectivity index (χ1) is 12.3. The molecule has 6 nitrogen and oxygen atoms in total. The molecule has 0 saturated carbocycles. The molecule has 0 radical (unpaired) electrons. The van der Waals surface area contributed by atoms with E-state index in [0.717, 1.165) is 5.56 Å². The number of hydrogen-bond acceptors (Lipinski definition) is 4. The van der Waals surface area contributed by atoms with Gasteiger partial charge in [0.05, 0.1) is 4.90 Å². The fourth-order valence-corrected chi connectivity index (χ4v) is 3.57. The van der Waals surface area contributed by atoms with E-state index < -0.39 is 10.0 Å². The van der Waals surface area contributed by atoms with E-state index in [4.69, 9.17) is 4.74 Å². The highest BCUT2D eigenvalue weighted by Gasteiger charge is 2.18. The second-order valence-electron chi connectivity index (χ2n) is 6.24. The van der Waals surface area contributed by atoms with E-state index in [0.29, 0.717) is 5.75 Å². The Labute approximate surface area is 154 Å². The Hall–Kier alpha value is -2.38. The zero-order valence-electron chi connectivity index (χ0n) is 15.1. The van der Waals surface area contributed by atoms with Crippen LogP contribution in [0, 0.1) is 0 Å². The minimum Gasteiger partial charge on any atom is -0.484 e. The highest BCUT2D eigenvalue weighted by atomic mass is 32.2. The van der Waals surface area contributed by atoms with Crippen LogP contribution in [0.5, 0.6) is 5.75 Å². The predicted octanol–water partition coefficient (Wildman–Crippen LogP) is 2.63. The summed E-state index contributed by atoms with van der Waals surface area (Å²) in [6, 6.07) is 15.0. The Morgan fingerprint density at radius 2 is 1.62 bits per heavy atom. The van der Waals surface area contributed by atoms with Crippen molar-refractivity contribution in [2.45, 2.75) is 37.8 Å². The molecular weight excluding hydrogens is 352 g/mol. The fraction of sp³-hybridized carbons (Fsp3) is 0.316. The molecule has 0 heterocycles. The molecule has 0 aliphatic rings. The van der Waals surface area contributed by atoms with Gasteiger partial charge >= 0.3 is 0 Å². The summed E-state index contributed by atoms with van der Waals surface area (Å²) < 4.78 is 33.0. The predicted molar refractivity (Wildman–Crippen MR) is 100 cm³/mol. The van der Waals surface area contributed by atoms with Crippen LogP contribution in [-0.2, 0) is 14.8 Å². The molecule has 0 aliphatic carbocycles. The topological polar surface area (TPSA) is 84.5 Å². The lowest BCUT2D eigenvalue weighted by Crippen LogP contribution is -2.34. The number of nitrogens with one attached hydrogen (secondary N) is 2. The summed E-state index contributed by atoms with van der Waals surface area (Å²) in [6.07, 6.45) is 0. The molecule has 140 valence electrons. The zero-order valence-corrected chi connectivity index (χ0v) is 15.9. The summed E-state index contributed by atoms with van der Waals surface area (Å²) in [5.74, 6) is 0.203. The monoisotopic (exact) mass is 376 g/mol. The van der Waals surface area contributed by atoms with Gasteiger partial charge in [-0.3, -0.25) is 4.79 Å². The average Bonchev–Trinajstić information content (AvgIpc) is 2.60. The molecule has 0 aliphatic heterocycles. The van der Waals surface area contributed by atoms with Gasteiger partial charge in [0.2, 0.25) is 10.0 Å². The number of benzene rings is 2. The number of sulfonamides is 1. The van der Waals surface area contributed by atoms with Crippen molar-refractivity contribution >= 4 is 15.9 Å². The number of rotatable bonds is 8. The van der Waals surface area contributed by atoms with Crippen LogP contribution < -0.4 is 14.8 Å². The molecule has 0 bridgehead atoms. The van der Waals surface area contributed by atoms with Crippen molar-refractivity contribution in [1.29, 1.82) is 0 Å². The SMILES string of the molecule is CC(C)NC(=O)COc1ccc(S(=O)(=O)N[C@@H](C)c2ccccc2)cc1. The molecule has 0 fully saturated rings. The van der Waals surface area contributed by atoms with Gasteiger partial charge in [-0.15, -0.1) is 0 Å². The molecule has 0 saturated heterocycles. The summed E-state index contributed by atoms with van der Waals surface area (Å²) in [6.45, 7) is 5.40. The lowest BCUT2D eigenvalue weighted by Gasteiger charge is -2.15. The van der Waals surface area contributed by atoms with E-state index in [1.807, 2.05) is 44.2 Å². The van der Waals surface area contributed by atoms with Crippen LogP contribution in [0.25, 0.3) is 0 Å². The Kier molecular flexibility index (Phi) is 6.76. The first-order valence-electron chi connectivity index (χ1n) is 8.37. The van der Waals surface area contributed by atoms with Gasteiger partial charge in [0.25, 0.3) is 5.91 Å². The molecule has 7 heteroatoms. The first kappa shape index (κ1) is 19.9. The summed E-state index contributed by atoms with van der Waals surface area (Å²) in [5.41, 5.74) is 0.882. The van der Waals surface area contributed by atoms with Gasteiger partial charge in [0.15, 0.2) is 6.61 Å². The molecule has 0 unspecified atom stereocenters. The quantitative estimate of drug-likeness (QED) is 0.742. The van der Waals surface area contributed by atoms with Gasteiger partial charge in [-0.1, -0.05) is 30.3 Å². The highest BCUT2D eigenvalue weighted by molar-refractivity contribution is 7.89. The van der Waals surface area contributed by atoms with E-state index in [1.54, 1.807) is 6.92 Å². The normalized spacial score (nSPS) is 12.6. The second-order valence-corrected chi connectivity index (χ2v) is 7.95. The van der Waals surface area contributed by atoms with Crippen LogP contribution >= 0.6 is 0 Å². The molecular formula is C19H24N2O4S. The van der Waals surface area contributed by atoms with Gasteiger partial charge in [-0.25, -0.2) is 13.1 Å². The lowest BCUT2D eigenvalue weighted by atomic mass is 10.1. The minimum absolute atomic E-state index is 0.0382. The van der Waals surface area contributed by atoms with E-state index >= 15 is 0 Å². The third-order valence-corrected chi connectivity index (χ3v) is 5.14. The molecule has 26 heavy (non-hydrogen) atoms. The minimum atomic E-state index is -3.66. The largest absolute Gasteiger partial charge is 0.484 e. The first-order valence-corrected chi connectivity index (χ1v) is 9.86. The highest BCUT2D eigenvalue weighted by Crippen LogP contribution is 2.19. The Bertz CT molecular complexity index is 818. The Balaban J connectivity index is 1.99. The Morgan fingerprint density at radius 3 is 2.19 bits per heavy atom. The number of carbonyl (C=O) groups is 1. The maximum atomic E-state index is 12.5. The van der Waals surface area contributed by atoms with Crippen molar-refractivity contribution in [2.24, 2.45) is 0 Å². The smallest absolute Gasteiger partial charge is 0.258 e. The zero-order chi connectivity index (χ0) is 19.2. The molecule has 2 rings (SSSR count). The summed E-state index contributed by atoms with van der Waals surface area (Å²) >= 11 is 0. The van der Waals surface area contributed by atoms with Gasteiger partial charge < -0.3 is 10.1 Å². The summed E-state index contributed by atoms with van der Waals surface area (Å²) in [5, 5.41) is 2.72. The van der Waals surface area contributed by atoms with Crippen LogP contribution in [0.4, 0.5) is 0 Å². The molecule has 0 spiro atoms. The van der Waals surface area contributed by atoms with Crippen molar-refractivity contribution in [1.82, 2.24) is 10.0 Å². The second kappa shape index (κ2) is 8.82. The van der Waals surface area contributed by atoms with Gasteiger partial charge in [-0.05, 0) is 50.6 Å². The van der Waals surface area contributed by atoms with Crippen molar-refractivity contribution in [2.75, 3.05) is 6.61 Å². The van der Waals surface area contributed by atoms with Crippen LogP contribution in [0.1, 0.15) is 32.4 Å². The van der Waals surface area contributed by atoms with Crippen LogP contribution in [0.15, 0.2) is 59.5 Å². The lowest BCUT2D eigenvalue weighted by molar-refractivity contribution is -0.123. The van der Waals surface area contributed by atoms with Crippen molar-refractivity contribution in [3.63, 3.8) is 0 Å². The van der Waals surface area contributed by atoms with Gasteiger partial charge in [0.1, 0.15) is 5.75 Å². The Morgan fingerprint density at radius 1 is 1.00 bits per heavy atom. The van der Waals surface area contributed by atoms with E-state index in [2.05, 4.69) is 10.0 Å². The number of carbonyl (C=O) groups excluding carboxylic acids is 1. The van der Waals surface area contributed by atoms with Crippen molar-refractivity contribution in [3.05, 3.63) is 60.2 Å². The fourth-order valence-electron chi connectivity index (χ4n) is 2.34. The standard InChI is InChI=1S/C19H24N2O4S/c1-14(2)20-19(22)13-25-17-9-11-18(12-10-17)26(23,24)21-15(3)16-7-5-4-6-8-16/h4-12,14-15,21H,13H2,1-3H3,(H,20,22)/t15-/m0/s1. The number of ether oxygens (including phenoxy) is 1. The van der Waals surface area contributed by atoms with Crippen molar-refractivity contribution in [3.8, 4) is 5.75 Å². The average molecular weight is 376 g/mol. The molecule has 0 aromatic heterocycles. The number of amides is 1. The maximum Gasteiger partial charge on any atom is 0.258 e. The van der Waals surface area contributed by atoms with Gasteiger partial charge in [-0.2, -0.15) is 0 Å². The van der Waals surface area contributed by atoms with E-state index in [1.165, 1.54) is 24.3 Å². The molecule has 2 N–H and O–H groups in total.